The van der Waals surface area contributed by atoms with Gasteiger partial charge in [-0.25, -0.2) is 0 Å². The molecule has 0 amide bonds. The molecule has 0 saturated heterocycles. The van der Waals surface area contributed by atoms with Crippen LogP contribution in [-0.2, 0) is 0 Å². The van der Waals surface area contributed by atoms with E-state index in [4.69, 9.17) is 26.3 Å². The molecule has 0 aromatic heterocycles. The van der Waals surface area contributed by atoms with Crippen LogP contribution in [0.2, 0.25) is 5.02 Å². The van der Waals surface area contributed by atoms with Gasteiger partial charge in [-0.2, -0.15) is 5.26 Å². The van der Waals surface area contributed by atoms with Gasteiger partial charge in [0.05, 0.1) is 36.4 Å². The van der Waals surface area contributed by atoms with E-state index in [9.17, 15) is 0 Å². The van der Waals surface area contributed by atoms with E-state index in [2.05, 4.69) is 11.4 Å². The molecule has 0 spiro atoms. The maximum atomic E-state index is 8.97. The first kappa shape index (κ1) is 17.5. The first-order chi connectivity index (χ1) is 9.93. The summed E-state index contributed by atoms with van der Waals surface area (Å²) in [6.45, 7) is 4.74. The summed E-state index contributed by atoms with van der Waals surface area (Å²) in [6.07, 6.45) is 2.88. The third-order valence-corrected chi connectivity index (χ3v) is 3.62. The van der Waals surface area contributed by atoms with Gasteiger partial charge in [0.2, 0.25) is 0 Å². The van der Waals surface area contributed by atoms with Gasteiger partial charge in [-0.15, -0.1) is 0 Å². The van der Waals surface area contributed by atoms with Crippen molar-refractivity contribution in [3.63, 3.8) is 0 Å². The number of anilines is 1. The molecule has 0 radical (unpaired) electrons. The minimum Gasteiger partial charge on any atom is -0.495 e. The third-order valence-electron chi connectivity index (χ3n) is 3.32. The molecular weight excluding hydrogens is 288 g/mol. The Morgan fingerprint density at radius 3 is 2.43 bits per heavy atom. The fraction of sp³-hybridized carbons (Fsp3) is 0.562. The van der Waals surface area contributed by atoms with Crippen LogP contribution in [0.5, 0.6) is 11.5 Å². The summed E-state index contributed by atoms with van der Waals surface area (Å²) < 4.78 is 10.5. The van der Waals surface area contributed by atoms with E-state index >= 15 is 0 Å². The first-order valence-corrected chi connectivity index (χ1v) is 7.38. The van der Waals surface area contributed by atoms with E-state index < -0.39 is 0 Å². The van der Waals surface area contributed by atoms with E-state index in [0.29, 0.717) is 16.5 Å². The van der Waals surface area contributed by atoms with Crippen LogP contribution < -0.4 is 14.8 Å². The number of ether oxygens (including phenoxy) is 2. The SMILES string of the molecule is COc1cc(NCCCCC(C)(C)C#N)c(OC)cc1Cl. The third kappa shape index (κ3) is 5.35. The molecule has 0 atom stereocenters. The second-order valence-corrected chi connectivity index (χ2v) is 5.97. The highest BCUT2D eigenvalue weighted by Gasteiger charge is 2.15. The Labute approximate surface area is 132 Å². The lowest BCUT2D eigenvalue weighted by Gasteiger charge is -2.16. The highest BCUT2D eigenvalue weighted by molar-refractivity contribution is 6.32. The van der Waals surface area contributed by atoms with E-state index in [1.807, 2.05) is 19.9 Å². The number of hydrogen-bond donors (Lipinski definition) is 1. The number of benzene rings is 1. The molecule has 0 unspecified atom stereocenters. The molecule has 0 saturated carbocycles. The van der Waals surface area contributed by atoms with Crippen molar-refractivity contribution in [1.29, 1.82) is 5.26 Å². The number of halogens is 1. The number of rotatable bonds is 8. The zero-order chi connectivity index (χ0) is 15.9. The van der Waals surface area contributed by atoms with Crippen molar-refractivity contribution in [2.24, 2.45) is 5.41 Å². The maximum absolute atomic E-state index is 8.97. The van der Waals surface area contributed by atoms with Gasteiger partial charge in [-0.1, -0.05) is 18.0 Å². The van der Waals surface area contributed by atoms with Crippen molar-refractivity contribution in [3.05, 3.63) is 17.2 Å². The van der Waals surface area contributed by atoms with E-state index in [1.165, 1.54) is 0 Å². The molecule has 1 aromatic carbocycles. The molecule has 0 heterocycles. The zero-order valence-electron chi connectivity index (χ0n) is 13.1. The second-order valence-electron chi connectivity index (χ2n) is 5.57. The molecule has 0 bridgehead atoms. The predicted molar refractivity (Wildman–Crippen MR) is 86.3 cm³/mol. The Morgan fingerprint density at radius 2 is 1.86 bits per heavy atom. The van der Waals surface area contributed by atoms with Gasteiger partial charge >= 0.3 is 0 Å². The van der Waals surface area contributed by atoms with Crippen molar-refractivity contribution in [3.8, 4) is 17.6 Å². The van der Waals surface area contributed by atoms with Crippen LogP contribution in [0.4, 0.5) is 5.69 Å². The lowest BCUT2D eigenvalue weighted by molar-refractivity contribution is 0.404. The summed E-state index contributed by atoms with van der Waals surface area (Å²) in [7, 11) is 3.19. The Kier molecular flexibility index (Phi) is 6.64. The summed E-state index contributed by atoms with van der Waals surface area (Å²) in [5.74, 6) is 1.31. The summed E-state index contributed by atoms with van der Waals surface area (Å²) in [5, 5.41) is 12.8. The van der Waals surface area contributed by atoms with Crippen LogP contribution in [0.15, 0.2) is 12.1 Å². The van der Waals surface area contributed by atoms with Gasteiger partial charge in [0.25, 0.3) is 0 Å². The molecule has 116 valence electrons. The average molecular weight is 311 g/mol. The van der Waals surface area contributed by atoms with Crippen LogP contribution in [0.25, 0.3) is 0 Å². The van der Waals surface area contributed by atoms with Gasteiger partial charge < -0.3 is 14.8 Å². The molecule has 4 nitrogen and oxygen atoms in total. The standard InChI is InChI=1S/C16H23ClN2O2/c1-16(2,11-18)7-5-6-8-19-13-10-14(20-3)12(17)9-15(13)21-4/h9-10,19H,5-8H2,1-4H3. The van der Waals surface area contributed by atoms with Crippen molar-refractivity contribution in [2.45, 2.75) is 33.1 Å². The lowest BCUT2D eigenvalue weighted by Crippen LogP contribution is -2.09. The normalized spacial score (nSPS) is 10.9. The fourth-order valence-electron chi connectivity index (χ4n) is 1.97. The summed E-state index contributed by atoms with van der Waals surface area (Å²) >= 11 is 6.07. The van der Waals surface area contributed by atoms with Crippen LogP contribution in [0.1, 0.15) is 33.1 Å². The number of nitrogens with zero attached hydrogens (tertiary/aromatic N) is 1. The lowest BCUT2D eigenvalue weighted by atomic mass is 9.89. The number of unbranched alkanes of at least 4 members (excludes halogenated alkanes) is 1. The molecule has 1 N–H and O–H groups in total. The zero-order valence-corrected chi connectivity index (χ0v) is 13.9. The first-order valence-electron chi connectivity index (χ1n) is 7.00. The van der Waals surface area contributed by atoms with Gasteiger partial charge in [0.1, 0.15) is 11.5 Å². The minimum atomic E-state index is -0.249. The molecule has 1 rings (SSSR count). The second kappa shape index (κ2) is 7.99. The fourth-order valence-corrected chi connectivity index (χ4v) is 2.20. The molecule has 0 aliphatic carbocycles. The van der Waals surface area contributed by atoms with Gasteiger partial charge in [-0.05, 0) is 26.7 Å². The Morgan fingerprint density at radius 1 is 1.19 bits per heavy atom. The largest absolute Gasteiger partial charge is 0.495 e. The molecule has 21 heavy (non-hydrogen) atoms. The molecule has 0 aliphatic heterocycles. The topological polar surface area (TPSA) is 54.3 Å². The van der Waals surface area contributed by atoms with Gasteiger partial charge in [0.15, 0.2) is 0 Å². The smallest absolute Gasteiger partial charge is 0.143 e. The molecule has 5 heteroatoms. The predicted octanol–water partition coefficient (Wildman–Crippen LogP) is 4.49. The number of nitriles is 1. The quantitative estimate of drug-likeness (QED) is 0.719. The number of hydrogen-bond acceptors (Lipinski definition) is 4. The molecular formula is C16H23ClN2O2. The maximum Gasteiger partial charge on any atom is 0.143 e. The molecule has 0 fully saturated rings. The van der Waals surface area contributed by atoms with Crippen molar-refractivity contribution in [1.82, 2.24) is 0 Å². The summed E-state index contributed by atoms with van der Waals surface area (Å²) in [6, 6.07) is 5.89. The van der Waals surface area contributed by atoms with Crippen LogP contribution >= 0.6 is 11.6 Å². The molecule has 0 aliphatic rings. The van der Waals surface area contributed by atoms with Crippen LogP contribution in [0, 0.1) is 16.7 Å². The summed E-state index contributed by atoms with van der Waals surface area (Å²) in [4.78, 5) is 0. The van der Waals surface area contributed by atoms with E-state index in [0.717, 1.165) is 31.5 Å². The van der Waals surface area contributed by atoms with Crippen LogP contribution in [0.3, 0.4) is 0 Å². The van der Waals surface area contributed by atoms with Crippen LogP contribution in [-0.4, -0.2) is 20.8 Å². The Bertz CT molecular complexity index is 510. The highest BCUT2D eigenvalue weighted by Crippen LogP contribution is 2.35. The Balaban J connectivity index is 2.54. The Hall–Kier alpha value is -1.60. The van der Waals surface area contributed by atoms with E-state index in [1.54, 1.807) is 20.3 Å². The van der Waals surface area contributed by atoms with Gasteiger partial charge in [0, 0.05) is 18.7 Å². The molecule has 1 aromatic rings. The van der Waals surface area contributed by atoms with Crippen molar-refractivity contribution in [2.75, 3.05) is 26.1 Å². The minimum absolute atomic E-state index is 0.249. The van der Waals surface area contributed by atoms with Gasteiger partial charge in [-0.3, -0.25) is 0 Å². The highest BCUT2D eigenvalue weighted by atomic mass is 35.5. The summed E-state index contributed by atoms with van der Waals surface area (Å²) in [5.41, 5.74) is 0.611. The van der Waals surface area contributed by atoms with Crippen molar-refractivity contribution >= 4 is 17.3 Å². The van der Waals surface area contributed by atoms with E-state index in [-0.39, 0.29) is 5.41 Å². The van der Waals surface area contributed by atoms with Crippen molar-refractivity contribution < 1.29 is 9.47 Å². The average Bonchev–Trinajstić information content (AvgIpc) is 2.47. The number of methoxy groups -OCH3 is 2. The number of nitrogens with one attached hydrogen (secondary N) is 1. The monoisotopic (exact) mass is 310 g/mol.